The number of aryl methyl sites for hydroxylation is 2. The van der Waals surface area contributed by atoms with Gasteiger partial charge in [-0.2, -0.15) is 5.10 Å². The van der Waals surface area contributed by atoms with Crippen molar-refractivity contribution in [3.63, 3.8) is 0 Å². The number of carbonyl (C=O) groups excluding carboxylic acids is 1. The number of hydrogen-bond acceptors (Lipinski definition) is 4. The van der Waals surface area contributed by atoms with Gasteiger partial charge in [-0.15, -0.1) is 12.4 Å². The van der Waals surface area contributed by atoms with E-state index in [0.29, 0.717) is 25.4 Å². The molecule has 1 aliphatic heterocycles. The fourth-order valence-corrected chi connectivity index (χ4v) is 3.19. The molecule has 1 aliphatic rings. The average molecular weight is 383 g/mol. The van der Waals surface area contributed by atoms with Crippen molar-refractivity contribution in [2.75, 3.05) is 26.2 Å². The van der Waals surface area contributed by atoms with Gasteiger partial charge in [-0.25, -0.2) is 4.39 Å². The summed E-state index contributed by atoms with van der Waals surface area (Å²) >= 11 is 0. The molecule has 1 fully saturated rings. The summed E-state index contributed by atoms with van der Waals surface area (Å²) in [5.74, 6) is 0.236. The largest absolute Gasteiger partial charge is 0.480 e. The van der Waals surface area contributed by atoms with Gasteiger partial charge in [0.05, 0.1) is 11.7 Å². The third-order valence-electron chi connectivity index (χ3n) is 4.58. The normalized spacial score (nSPS) is 16.9. The molecule has 0 bridgehead atoms. The van der Waals surface area contributed by atoms with Crippen LogP contribution in [0, 0.1) is 19.7 Å². The van der Waals surface area contributed by atoms with Crippen molar-refractivity contribution >= 4 is 18.3 Å². The highest BCUT2D eigenvalue weighted by Crippen LogP contribution is 2.25. The maximum absolute atomic E-state index is 13.6. The van der Waals surface area contributed by atoms with E-state index in [1.165, 1.54) is 12.1 Å². The summed E-state index contributed by atoms with van der Waals surface area (Å²) in [6, 6.07) is 6.20. The minimum absolute atomic E-state index is 0. The molecule has 142 valence electrons. The Labute approximate surface area is 158 Å². The number of benzene rings is 1. The molecule has 0 spiro atoms. The van der Waals surface area contributed by atoms with Crippen LogP contribution in [0.25, 0.3) is 0 Å². The molecule has 1 saturated heterocycles. The Balaban J connectivity index is 0.00000243. The maximum atomic E-state index is 13.6. The quantitative estimate of drug-likeness (QED) is 0.880. The van der Waals surface area contributed by atoms with Gasteiger partial charge in [-0.05, 0) is 31.5 Å². The number of nitrogens with one attached hydrogen (secondary N) is 1. The molecule has 3 rings (SSSR count). The molecule has 0 saturated carbocycles. The van der Waals surface area contributed by atoms with Crippen LogP contribution in [0.4, 0.5) is 4.39 Å². The van der Waals surface area contributed by atoms with Gasteiger partial charge in [0, 0.05) is 26.7 Å². The van der Waals surface area contributed by atoms with Crippen molar-refractivity contribution < 1.29 is 13.9 Å². The molecule has 1 aromatic heterocycles. The molecule has 26 heavy (non-hydrogen) atoms. The number of piperazine rings is 1. The predicted molar refractivity (Wildman–Crippen MR) is 99.1 cm³/mol. The van der Waals surface area contributed by atoms with Crippen LogP contribution >= 0.6 is 12.4 Å². The fourth-order valence-electron chi connectivity index (χ4n) is 3.19. The smallest absolute Gasteiger partial charge is 0.261 e. The lowest BCUT2D eigenvalue weighted by molar-refractivity contribution is -0.136. The Bertz CT molecular complexity index is 781. The molecule has 1 atom stereocenters. The summed E-state index contributed by atoms with van der Waals surface area (Å²) in [5, 5.41) is 7.55. The van der Waals surface area contributed by atoms with E-state index >= 15 is 0 Å². The van der Waals surface area contributed by atoms with Gasteiger partial charge >= 0.3 is 0 Å². The topological polar surface area (TPSA) is 59.4 Å². The minimum Gasteiger partial charge on any atom is -0.480 e. The number of ether oxygens (including phenoxy) is 1. The summed E-state index contributed by atoms with van der Waals surface area (Å²) in [6.45, 7) is 5.57. The highest BCUT2D eigenvalue weighted by atomic mass is 35.5. The van der Waals surface area contributed by atoms with E-state index in [0.717, 1.165) is 17.0 Å². The highest BCUT2D eigenvalue weighted by Gasteiger charge is 2.28. The lowest BCUT2D eigenvalue weighted by Gasteiger charge is -2.36. The maximum Gasteiger partial charge on any atom is 0.261 e. The number of nitrogens with zero attached hydrogens (tertiary/aromatic N) is 3. The number of carbonyl (C=O) groups is 1. The monoisotopic (exact) mass is 382 g/mol. The molecule has 2 aromatic rings. The third-order valence-corrected chi connectivity index (χ3v) is 4.58. The zero-order valence-electron chi connectivity index (χ0n) is 15.2. The summed E-state index contributed by atoms with van der Waals surface area (Å²) in [6.07, 6.45) is 0. The first kappa shape index (κ1) is 20.2. The Hall–Kier alpha value is -2.12. The second-order valence-electron chi connectivity index (χ2n) is 6.27. The number of aromatic nitrogens is 2. The van der Waals surface area contributed by atoms with Crippen LogP contribution in [-0.4, -0.2) is 46.8 Å². The van der Waals surface area contributed by atoms with Crippen LogP contribution in [0.2, 0.25) is 0 Å². The number of hydrogen-bond donors (Lipinski definition) is 1. The van der Waals surface area contributed by atoms with Gasteiger partial charge < -0.3 is 15.0 Å². The summed E-state index contributed by atoms with van der Waals surface area (Å²) < 4.78 is 21.0. The van der Waals surface area contributed by atoms with Crippen molar-refractivity contribution in [1.82, 2.24) is 20.0 Å². The lowest BCUT2D eigenvalue weighted by Crippen LogP contribution is -2.50. The molecule has 0 radical (unpaired) electrons. The van der Waals surface area contributed by atoms with Crippen molar-refractivity contribution in [2.45, 2.75) is 19.9 Å². The first-order valence-electron chi connectivity index (χ1n) is 8.36. The van der Waals surface area contributed by atoms with E-state index in [1.807, 2.05) is 27.0 Å². The molecule has 6 nitrogen and oxygen atoms in total. The van der Waals surface area contributed by atoms with E-state index in [1.54, 1.807) is 15.6 Å². The lowest BCUT2D eigenvalue weighted by atomic mass is 10.0. The van der Waals surface area contributed by atoms with Gasteiger partial charge in [0.1, 0.15) is 11.5 Å². The van der Waals surface area contributed by atoms with E-state index in [-0.39, 0.29) is 36.8 Å². The fraction of sp³-hybridized carbons (Fsp3) is 0.444. The molecule has 1 amide bonds. The van der Waals surface area contributed by atoms with Gasteiger partial charge in [-0.3, -0.25) is 9.48 Å². The first-order chi connectivity index (χ1) is 12.0. The Kier molecular flexibility index (Phi) is 6.61. The van der Waals surface area contributed by atoms with E-state index < -0.39 is 0 Å². The first-order valence-corrected chi connectivity index (χ1v) is 8.36. The Morgan fingerprint density at radius 3 is 2.85 bits per heavy atom. The summed E-state index contributed by atoms with van der Waals surface area (Å²) in [5.41, 5.74) is 2.43. The standard InChI is InChI=1S/C18H23FN4O2.ClH/c1-12-18(13(2)22(3)21-12)25-11-17(24)23-8-7-20-10-16(23)14-5-4-6-15(19)9-14;/h4-6,9,16,20H,7-8,10-11H2,1-3H3;1H. The molecule has 8 heteroatoms. The van der Waals surface area contributed by atoms with Crippen LogP contribution in [-0.2, 0) is 11.8 Å². The molecular weight excluding hydrogens is 359 g/mol. The Morgan fingerprint density at radius 2 is 2.19 bits per heavy atom. The molecule has 1 aromatic carbocycles. The van der Waals surface area contributed by atoms with E-state index in [4.69, 9.17) is 4.74 Å². The number of halogens is 2. The zero-order chi connectivity index (χ0) is 18.0. The molecule has 1 N–H and O–H groups in total. The van der Waals surface area contributed by atoms with Crippen molar-refractivity contribution in [1.29, 1.82) is 0 Å². The molecule has 1 unspecified atom stereocenters. The van der Waals surface area contributed by atoms with E-state index in [2.05, 4.69) is 10.4 Å². The van der Waals surface area contributed by atoms with Crippen molar-refractivity contribution in [3.8, 4) is 5.75 Å². The van der Waals surface area contributed by atoms with Crippen LogP contribution in [0.15, 0.2) is 24.3 Å². The molecule has 2 heterocycles. The van der Waals surface area contributed by atoms with Crippen molar-refractivity contribution in [3.05, 3.63) is 47.0 Å². The van der Waals surface area contributed by atoms with Gasteiger partial charge in [0.25, 0.3) is 5.91 Å². The van der Waals surface area contributed by atoms with Crippen LogP contribution in [0.5, 0.6) is 5.75 Å². The summed E-state index contributed by atoms with van der Waals surface area (Å²) in [4.78, 5) is 14.5. The minimum atomic E-state index is -0.298. The predicted octanol–water partition coefficient (Wildman–Crippen LogP) is 2.15. The summed E-state index contributed by atoms with van der Waals surface area (Å²) in [7, 11) is 1.84. The third kappa shape index (κ3) is 4.16. The van der Waals surface area contributed by atoms with Crippen LogP contribution in [0.1, 0.15) is 23.0 Å². The molecule has 0 aliphatic carbocycles. The van der Waals surface area contributed by atoms with Crippen molar-refractivity contribution in [2.24, 2.45) is 7.05 Å². The van der Waals surface area contributed by atoms with E-state index in [9.17, 15) is 9.18 Å². The highest BCUT2D eigenvalue weighted by molar-refractivity contribution is 5.85. The zero-order valence-corrected chi connectivity index (χ0v) is 16.0. The van der Waals surface area contributed by atoms with Gasteiger partial charge in [-0.1, -0.05) is 12.1 Å². The van der Waals surface area contributed by atoms with Gasteiger partial charge in [0.2, 0.25) is 0 Å². The Morgan fingerprint density at radius 1 is 1.42 bits per heavy atom. The van der Waals surface area contributed by atoms with Crippen LogP contribution in [0.3, 0.4) is 0 Å². The number of rotatable bonds is 4. The second-order valence-corrected chi connectivity index (χ2v) is 6.27. The second kappa shape index (κ2) is 8.51. The SMILES string of the molecule is Cc1nn(C)c(C)c1OCC(=O)N1CCNCC1c1cccc(F)c1.Cl. The van der Waals surface area contributed by atoms with Gasteiger partial charge in [0.15, 0.2) is 12.4 Å². The number of amides is 1. The molecular formula is C18H24ClFN4O2. The average Bonchev–Trinajstić information content (AvgIpc) is 2.85. The van der Waals surface area contributed by atoms with Crippen LogP contribution < -0.4 is 10.1 Å².